The van der Waals surface area contributed by atoms with Gasteiger partial charge in [0.25, 0.3) is 0 Å². The molecular formula is C26H25NO4. The van der Waals surface area contributed by atoms with Crippen molar-refractivity contribution in [2.75, 3.05) is 6.61 Å². The van der Waals surface area contributed by atoms with Gasteiger partial charge < -0.3 is 15.2 Å². The lowest BCUT2D eigenvalue weighted by Gasteiger charge is -2.18. The van der Waals surface area contributed by atoms with Crippen molar-refractivity contribution in [2.24, 2.45) is 0 Å². The normalized spacial score (nSPS) is 13.2. The molecular weight excluding hydrogens is 390 g/mol. The maximum absolute atomic E-state index is 12.5. The van der Waals surface area contributed by atoms with Crippen molar-refractivity contribution in [3.8, 4) is 11.1 Å². The van der Waals surface area contributed by atoms with Crippen molar-refractivity contribution in [3.05, 3.63) is 94.5 Å². The Balaban J connectivity index is 1.44. The van der Waals surface area contributed by atoms with Crippen LogP contribution in [0.3, 0.4) is 0 Å². The molecule has 1 aliphatic rings. The van der Waals surface area contributed by atoms with Crippen LogP contribution in [0.15, 0.2) is 66.7 Å². The second-order valence-electron chi connectivity index (χ2n) is 7.99. The van der Waals surface area contributed by atoms with Gasteiger partial charge in [0.1, 0.15) is 12.6 Å². The van der Waals surface area contributed by atoms with Gasteiger partial charge in [-0.25, -0.2) is 9.59 Å². The van der Waals surface area contributed by atoms with E-state index in [0.717, 1.165) is 38.9 Å². The molecule has 5 nitrogen and oxygen atoms in total. The average Bonchev–Trinajstić information content (AvgIpc) is 3.07. The summed E-state index contributed by atoms with van der Waals surface area (Å²) in [5.74, 6) is -1.16. The molecule has 0 unspecified atom stereocenters. The fourth-order valence-corrected chi connectivity index (χ4v) is 4.28. The maximum atomic E-state index is 12.5. The van der Waals surface area contributed by atoms with Gasteiger partial charge in [-0.15, -0.1) is 0 Å². The number of carboxylic acids is 1. The van der Waals surface area contributed by atoms with Crippen molar-refractivity contribution >= 4 is 12.1 Å². The first-order chi connectivity index (χ1) is 14.9. The van der Waals surface area contributed by atoms with Crippen molar-refractivity contribution in [3.63, 3.8) is 0 Å². The first-order valence-electron chi connectivity index (χ1n) is 10.3. The van der Waals surface area contributed by atoms with Gasteiger partial charge in [0.15, 0.2) is 0 Å². The van der Waals surface area contributed by atoms with Crippen LogP contribution in [-0.4, -0.2) is 29.8 Å². The first kappa shape index (κ1) is 20.7. The van der Waals surface area contributed by atoms with Gasteiger partial charge >= 0.3 is 12.1 Å². The fraction of sp³-hybridized carbons (Fsp3) is 0.231. The highest BCUT2D eigenvalue weighted by Crippen LogP contribution is 2.44. The first-order valence-corrected chi connectivity index (χ1v) is 10.3. The van der Waals surface area contributed by atoms with Gasteiger partial charge in [0.05, 0.1) is 0 Å². The fourth-order valence-electron chi connectivity index (χ4n) is 4.28. The molecule has 0 spiro atoms. The van der Waals surface area contributed by atoms with Gasteiger partial charge in [0, 0.05) is 12.3 Å². The summed E-state index contributed by atoms with van der Waals surface area (Å²) in [5, 5.41) is 12.1. The van der Waals surface area contributed by atoms with E-state index in [1.807, 2.05) is 68.4 Å². The lowest BCUT2D eigenvalue weighted by atomic mass is 9.98. The van der Waals surface area contributed by atoms with Crippen LogP contribution in [0.25, 0.3) is 11.1 Å². The molecule has 4 rings (SSSR count). The van der Waals surface area contributed by atoms with E-state index in [-0.39, 0.29) is 18.9 Å². The molecule has 0 aromatic heterocycles. The van der Waals surface area contributed by atoms with Crippen molar-refractivity contribution in [1.29, 1.82) is 0 Å². The Hall–Kier alpha value is -3.60. The van der Waals surface area contributed by atoms with Gasteiger partial charge in [-0.05, 0) is 47.2 Å². The molecule has 2 N–H and O–H groups in total. The Morgan fingerprint density at radius 1 is 0.968 bits per heavy atom. The number of aliphatic carboxylic acids is 1. The van der Waals surface area contributed by atoms with Crippen LogP contribution < -0.4 is 5.32 Å². The highest BCUT2D eigenvalue weighted by atomic mass is 16.5. The van der Waals surface area contributed by atoms with E-state index in [1.165, 1.54) is 0 Å². The van der Waals surface area contributed by atoms with Gasteiger partial charge in [-0.1, -0.05) is 72.3 Å². The molecule has 0 radical (unpaired) electrons. The molecule has 158 valence electrons. The van der Waals surface area contributed by atoms with Crippen LogP contribution in [0.5, 0.6) is 0 Å². The number of rotatable bonds is 6. The van der Waals surface area contributed by atoms with E-state index in [4.69, 9.17) is 4.74 Å². The molecule has 5 heteroatoms. The van der Waals surface area contributed by atoms with E-state index in [1.54, 1.807) is 0 Å². The molecule has 0 aliphatic heterocycles. The monoisotopic (exact) mass is 415 g/mol. The molecule has 0 heterocycles. The van der Waals surface area contributed by atoms with Crippen LogP contribution in [0.4, 0.5) is 4.79 Å². The van der Waals surface area contributed by atoms with Gasteiger partial charge in [0.2, 0.25) is 0 Å². The zero-order valence-electron chi connectivity index (χ0n) is 17.6. The Labute approximate surface area is 181 Å². The van der Waals surface area contributed by atoms with Gasteiger partial charge in [-0.2, -0.15) is 0 Å². The molecule has 1 aliphatic carbocycles. The summed E-state index contributed by atoms with van der Waals surface area (Å²) in [4.78, 5) is 24.2. The van der Waals surface area contributed by atoms with E-state index < -0.39 is 18.1 Å². The zero-order chi connectivity index (χ0) is 22.0. The van der Waals surface area contributed by atoms with E-state index in [2.05, 4.69) is 17.4 Å². The number of hydrogen-bond acceptors (Lipinski definition) is 3. The molecule has 0 fully saturated rings. The third-order valence-electron chi connectivity index (χ3n) is 5.86. The predicted octanol–water partition coefficient (Wildman–Crippen LogP) is 4.84. The number of ether oxygens (including phenoxy) is 1. The molecule has 0 saturated carbocycles. The molecule has 3 aromatic carbocycles. The second kappa shape index (κ2) is 8.64. The quantitative estimate of drug-likeness (QED) is 0.604. The number of benzene rings is 3. The lowest BCUT2D eigenvalue weighted by Crippen LogP contribution is -2.43. The minimum Gasteiger partial charge on any atom is -0.480 e. The Morgan fingerprint density at radius 2 is 1.58 bits per heavy atom. The van der Waals surface area contributed by atoms with E-state index >= 15 is 0 Å². The van der Waals surface area contributed by atoms with E-state index in [9.17, 15) is 14.7 Å². The third-order valence-corrected chi connectivity index (χ3v) is 5.86. The van der Waals surface area contributed by atoms with Crippen LogP contribution in [0.2, 0.25) is 0 Å². The molecule has 1 atom stereocenters. The summed E-state index contributed by atoms with van der Waals surface area (Å²) in [5.41, 5.74) is 7.51. The third kappa shape index (κ3) is 4.31. The number of carbonyl (C=O) groups is 2. The predicted molar refractivity (Wildman–Crippen MR) is 119 cm³/mol. The Bertz CT molecular complexity index is 1090. The summed E-state index contributed by atoms with van der Waals surface area (Å²) in [7, 11) is 0. The van der Waals surface area contributed by atoms with Crippen LogP contribution >= 0.6 is 0 Å². The number of hydrogen-bond donors (Lipinski definition) is 2. The summed E-state index contributed by atoms with van der Waals surface area (Å²) in [6.45, 7) is 4.07. The lowest BCUT2D eigenvalue weighted by molar-refractivity contribution is -0.139. The second-order valence-corrected chi connectivity index (χ2v) is 7.99. The summed E-state index contributed by atoms with van der Waals surface area (Å²) < 4.78 is 5.49. The highest BCUT2D eigenvalue weighted by Gasteiger charge is 2.29. The molecule has 3 aromatic rings. The van der Waals surface area contributed by atoms with Gasteiger partial charge in [-0.3, -0.25) is 0 Å². The summed E-state index contributed by atoms with van der Waals surface area (Å²) in [6, 6.07) is 20.9. The molecule has 1 amide bonds. The number of fused-ring (bicyclic) bond motifs is 3. The number of alkyl carbamates (subject to hydrolysis) is 1. The van der Waals surface area contributed by atoms with Crippen molar-refractivity contribution < 1.29 is 19.4 Å². The smallest absolute Gasteiger partial charge is 0.407 e. The zero-order valence-corrected chi connectivity index (χ0v) is 17.6. The SMILES string of the molecule is Cc1ccc(C[C@@H](NC(=O)OCC2c3ccccc3-c3ccccc32)C(=O)O)c(C)c1. The van der Waals surface area contributed by atoms with Crippen molar-refractivity contribution in [1.82, 2.24) is 5.32 Å². The topological polar surface area (TPSA) is 75.6 Å². The minimum atomic E-state index is -1.09. The number of aryl methyl sites for hydroxylation is 2. The van der Waals surface area contributed by atoms with Crippen LogP contribution in [0, 0.1) is 13.8 Å². The largest absolute Gasteiger partial charge is 0.480 e. The number of carboxylic acid groups (broad SMARTS) is 1. The Kier molecular flexibility index (Phi) is 5.76. The number of amides is 1. The Morgan fingerprint density at radius 3 is 2.16 bits per heavy atom. The van der Waals surface area contributed by atoms with Crippen molar-refractivity contribution in [2.45, 2.75) is 32.2 Å². The van der Waals surface area contributed by atoms with Crippen LogP contribution in [-0.2, 0) is 16.0 Å². The van der Waals surface area contributed by atoms with Crippen LogP contribution in [0.1, 0.15) is 33.7 Å². The van der Waals surface area contributed by atoms with E-state index in [0.29, 0.717) is 0 Å². The maximum Gasteiger partial charge on any atom is 0.407 e. The standard InChI is InChI=1S/C26H25NO4/c1-16-11-12-18(17(2)13-16)14-24(25(28)29)27-26(30)31-15-23-21-9-5-3-7-19(21)20-8-4-6-10-22(20)23/h3-13,23-24H,14-15H2,1-2H3,(H,27,30)(H,28,29)/t24-/m1/s1. The summed E-state index contributed by atoms with van der Waals surface area (Å²) >= 11 is 0. The molecule has 0 bridgehead atoms. The minimum absolute atomic E-state index is 0.0687. The molecule has 0 saturated heterocycles. The summed E-state index contributed by atoms with van der Waals surface area (Å²) in [6.07, 6.45) is -0.523. The highest BCUT2D eigenvalue weighted by molar-refractivity contribution is 5.81. The molecule has 31 heavy (non-hydrogen) atoms. The average molecular weight is 415 g/mol. The number of nitrogens with one attached hydrogen (secondary N) is 1. The number of carbonyl (C=O) groups excluding carboxylic acids is 1.